The van der Waals surface area contributed by atoms with Gasteiger partial charge in [-0.2, -0.15) is 0 Å². The Morgan fingerprint density at radius 3 is 1.76 bits per heavy atom. The van der Waals surface area contributed by atoms with Crippen molar-refractivity contribution in [2.75, 3.05) is 0 Å². The summed E-state index contributed by atoms with van der Waals surface area (Å²) in [5, 5.41) is 0. The van der Waals surface area contributed by atoms with Gasteiger partial charge in [-0.3, -0.25) is 49.0 Å². The van der Waals surface area contributed by atoms with Crippen molar-refractivity contribution in [2.45, 2.75) is 0 Å². The number of nitrogens with zero attached hydrogens (tertiary/aromatic N) is 1. The van der Waals surface area contributed by atoms with Crippen molar-refractivity contribution in [3.8, 4) is 0 Å². The summed E-state index contributed by atoms with van der Waals surface area (Å²) in [7, 11) is 1.45. The number of rotatable bonds is 0. The Bertz CT molecular complexity index is 1430. The van der Waals surface area contributed by atoms with Gasteiger partial charge < -0.3 is 0 Å². The number of aromatic nitrogens is 8. The van der Waals surface area contributed by atoms with Crippen molar-refractivity contribution in [1.29, 1.82) is 0 Å². The molecule has 25 heavy (non-hydrogen) atoms. The second-order valence-corrected chi connectivity index (χ2v) is 4.86. The minimum Gasteiger partial charge on any atom is -0.300 e. The van der Waals surface area contributed by atoms with Crippen molar-refractivity contribution >= 4 is 22.3 Å². The van der Waals surface area contributed by atoms with Crippen LogP contribution < -0.4 is 33.9 Å². The molecule has 0 saturated carbocycles. The minimum absolute atomic E-state index is 0.0413. The molecule has 0 aliphatic rings. The van der Waals surface area contributed by atoms with E-state index in [-0.39, 0.29) is 22.3 Å². The summed E-state index contributed by atoms with van der Waals surface area (Å²) in [6.07, 6.45) is 0. The van der Waals surface area contributed by atoms with E-state index >= 15 is 0 Å². The monoisotopic (exact) mass is 350 g/mol. The third kappa shape index (κ3) is 2.78. The summed E-state index contributed by atoms with van der Waals surface area (Å²) in [5.41, 5.74) is -3.06. The summed E-state index contributed by atoms with van der Waals surface area (Å²) < 4.78 is 1.16. The number of aryl methyl sites for hydroxylation is 1. The lowest BCUT2D eigenvalue weighted by Gasteiger charge is -1.90. The normalized spacial score (nSPS) is 10.8. The predicted octanol–water partition coefficient (Wildman–Crippen LogP) is -3.52. The summed E-state index contributed by atoms with van der Waals surface area (Å²) >= 11 is 0. The average molecular weight is 350 g/mol. The number of hydrogen-bond acceptors (Lipinski definition) is 6. The van der Waals surface area contributed by atoms with Crippen LogP contribution in [0.15, 0.2) is 28.8 Å². The number of aromatic amines is 7. The van der Waals surface area contributed by atoms with Crippen LogP contribution in [0.2, 0.25) is 0 Å². The number of H-pyrrole nitrogens is 7. The van der Waals surface area contributed by atoms with Gasteiger partial charge in [0.05, 0.1) is 0 Å². The average Bonchev–Trinajstić information content (AvgIpc) is 3.02. The lowest BCUT2D eigenvalue weighted by atomic mass is 10.5. The van der Waals surface area contributed by atoms with Crippen LogP contribution in [0.25, 0.3) is 22.3 Å². The maximum absolute atomic E-state index is 11.1. The van der Waals surface area contributed by atoms with E-state index in [1.54, 1.807) is 0 Å². The third-order valence-electron chi connectivity index (χ3n) is 3.21. The fourth-order valence-electron chi connectivity index (χ4n) is 2.09. The Morgan fingerprint density at radius 2 is 1.12 bits per heavy atom. The Morgan fingerprint density at radius 1 is 0.600 bits per heavy atom. The second-order valence-electron chi connectivity index (χ2n) is 4.86. The van der Waals surface area contributed by atoms with Gasteiger partial charge in [0.15, 0.2) is 5.52 Å². The van der Waals surface area contributed by atoms with E-state index in [1.165, 1.54) is 7.05 Å². The molecule has 0 spiro atoms. The van der Waals surface area contributed by atoms with Gasteiger partial charge in [0.25, 0.3) is 11.1 Å². The Hall–Kier alpha value is -4.10. The van der Waals surface area contributed by atoms with E-state index in [4.69, 9.17) is 0 Å². The molecule has 0 bridgehead atoms. The molecule has 4 heterocycles. The zero-order valence-electron chi connectivity index (χ0n) is 12.4. The topological polar surface area (TPSA) is 218 Å². The number of nitrogens with one attached hydrogen (secondary N) is 7. The largest absolute Gasteiger partial charge is 0.327 e. The molecule has 14 heteroatoms. The van der Waals surface area contributed by atoms with Gasteiger partial charge in [-0.05, 0) is 0 Å². The number of fused-ring (bicyclic) bond motifs is 2. The number of hydrogen-bond donors (Lipinski definition) is 7. The van der Waals surface area contributed by atoms with Gasteiger partial charge in [-0.15, -0.1) is 0 Å². The quantitative estimate of drug-likeness (QED) is 0.170. The van der Waals surface area contributed by atoms with E-state index in [0.29, 0.717) is 0 Å². The first-order chi connectivity index (χ1) is 11.8. The van der Waals surface area contributed by atoms with Gasteiger partial charge in [-0.1, -0.05) is 0 Å². The Balaban J connectivity index is 0.000000146. The molecule has 14 nitrogen and oxygen atoms in total. The molecule has 0 aliphatic carbocycles. The molecule has 7 N–H and O–H groups in total. The maximum atomic E-state index is 11.1. The van der Waals surface area contributed by atoms with Crippen LogP contribution in [-0.4, -0.2) is 39.5 Å². The molecule has 4 rings (SSSR count). The van der Waals surface area contributed by atoms with Crippen molar-refractivity contribution in [3.63, 3.8) is 0 Å². The van der Waals surface area contributed by atoms with Gasteiger partial charge >= 0.3 is 22.8 Å². The molecule has 0 amide bonds. The first-order valence-electron chi connectivity index (χ1n) is 6.62. The highest BCUT2D eigenvalue weighted by Crippen LogP contribution is 1.93. The molecule has 4 aromatic heterocycles. The fourth-order valence-corrected chi connectivity index (χ4v) is 2.09. The predicted molar refractivity (Wildman–Crippen MR) is 84.9 cm³/mol. The SMILES string of the molecule is Cn1c(=O)[nH]c2c(=O)[nH]c(=O)[nH]c21.O=c1[nH]c(=O)c2[nH]c(=O)[nH]c2[nH]1. The molecule has 0 saturated heterocycles. The first-order valence-corrected chi connectivity index (χ1v) is 6.62. The third-order valence-corrected chi connectivity index (χ3v) is 3.21. The Kier molecular flexibility index (Phi) is 3.48. The van der Waals surface area contributed by atoms with Crippen molar-refractivity contribution in [3.05, 3.63) is 62.6 Å². The molecule has 0 fully saturated rings. The molecule has 0 radical (unpaired) electrons. The lowest BCUT2D eigenvalue weighted by Crippen LogP contribution is -2.22. The molecule has 0 aromatic carbocycles. The van der Waals surface area contributed by atoms with E-state index in [1.807, 2.05) is 9.97 Å². The van der Waals surface area contributed by atoms with Gasteiger partial charge in [0.1, 0.15) is 16.8 Å². The molecule has 0 atom stereocenters. The lowest BCUT2D eigenvalue weighted by molar-refractivity contribution is 0.873. The highest BCUT2D eigenvalue weighted by Gasteiger charge is 2.06. The van der Waals surface area contributed by atoms with Gasteiger partial charge in [0.2, 0.25) is 0 Å². The van der Waals surface area contributed by atoms with E-state index < -0.39 is 33.9 Å². The molecule has 0 aliphatic heterocycles. The maximum Gasteiger partial charge on any atom is 0.327 e. The van der Waals surface area contributed by atoms with Crippen LogP contribution in [0.1, 0.15) is 0 Å². The van der Waals surface area contributed by atoms with Gasteiger partial charge in [0, 0.05) is 7.05 Å². The minimum atomic E-state index is -0.650. The standard InChI is InChI=1S/C6H6N4O3.C5H4N4O3/c1-10-3-2(7-6(10)13)4(11)9-5(12)8-3;10-3-1-2(7-4(11)6-1)8-5(12)9-3/h1H3,(H,7,13)(H2,8,9,11,12);(H4,6,7,8,9,10,11,12). The summed E-state index contributed by atoms with van der Waals surface area (Å²) in [6.45, 7) is 0. The first kappa shape index (κ1) is 15.8. The molecule has 4 aromatic rings. The van der Waals surface area contributed by atoms with Crippen LogP contribution >= 0.6 is 0 Å². The molecular weight excluding hydrogens is 340 g/mol. The summed E-state index contributed by atoms with van der Waals surface area (Å²) in [5.74, 6) is 0. The summed E-state index contributed by atoms with van der Waals surface area (Å²) in [4.78, 5) is 80.6. The van der Waals surface area contributed by atoms with Crippen LogP contribution in [0, 0.1) is 0 Å². The van der Waals surface area contributed by atoms with E-state index in [2.05, 4.69) is 24.9 Å². The van der Waals surface area contributed by atoms with Crippen LogP contribution in [0.3, 0.4) is 0 Å². The van der Waals surface area contributed by atoms with Crippen LogP contribution in [0.5, 0.6) is 0 Å². The van der Waals surface area contributed by atoms with E-state index in [9.17, 15) is 28.8 Å². The molecule has 130 valence electrons. The van der Waals surface area contributed by atoms with Crippen molar-refractivity contribution < 1.29 is 0 Å². The van der Waals surface area contributed by atoms with Gasteiger partial charge in [-0.25, -0.2) is 19.2 Å². The van der Waals surface area contributed by atoms with Crippen molar-refractivity contribution in [1.82, 2.24) is 39.5 Å². The molecular formula is C11H10N8O6. The highest BCUT2D eigenvalue weighted by molar-refractivity contribution is 5.68. The highest BCUT2D eigenvalue weighted by atomic mass is 16.2. The van der Waals surface area contributed by atoms with Crippen LogP contribution in [-0.2, 0) is 7.05 Å². The Labute approximate surface area is 132 Å². The fraction of sp³-hybridized carbons (Fsp3) is 0.0909. The smallest absolute Gasteiger partial charge is 0.300 e. The zero-order valence-corrected chi connectivity index (χ0v) is 12.4. The van der Waals surface area contributed by atoms with E-state index in [0.717, 1.165) is 4.57 Å². The zero-order chi connectivity index (χ0) is 18.3. The summed E-state index contributed by atoms with van der Waals surface area (Å²) in [6, 6.07) is 0. The molecule has 0 unspecified atom stereocenters. The van der Waals surface area contributed by atoms with Crippen LogP contribution in [0.4, 0.5) is 0 Å². The number of imidazole rings is 2. The second kappa shape index (κ2) is 5.52. The van der Waals surface area contributed by atoms with Crippen molar-refractivity contribution in [2.24, 2.45) is 7.05 Å².